The second-order valence-corrected chi connectivity index (χ2v) is 4.85. The molecular formula is C14H22ClNO. The maximum absolute atomic E-state index is 5.81. The van der Waals surface area contributed by atoms with Gasteiger partial charge in [-0.3, -0.25) is 0 Å². The van der Waals surface area contributed by atoms with E-state index >= 15 is 0 Å². The van der Waals surface area contributed by atoms with Crippen LogP contribution in [-0.4, -0.2) is 11.1 Å². The number of hydrogen-bond donors (Lipinski definition) is 0. The largest absolute Gasteiger partial charge is 0.374 e. The van der Waals surface area contributed by atoms with Crippen molar-refractivity contribution >= 4 is 11.6 Å². The Hall–Kier alpha value is -0.600. The first kappa shape index (κ1) is 14.5. The second-order valence-electron chi connectivity index (χ2n) is 4.46. The molecule has 0 amide bonds. The Kier molecular flexibility index (Phi) is 7.22. The summed E-state index contributed by atoms with van der Waals surface area (Å²) in [5.74, 6) is 0. The van der Waals surface area contributed by atoms with Gasteiger partial charge < -0.3 is 4.74 Å². The van der Waals surface area contributed by atoms with Crippen molar-refractivity contribution in [1.29, 1.82) is 0 Å². The smallest absolute Gasteiger partial charge is 0.129 e. The van der Waals surface area contributed by atoms with Gasteiger partial charge in [-0.1, -0.05) is 44.2 Å². The van der Waals surface area contributed by atoms with Crippen LogP contribution >= 0.6 is 11.6 Å². The van der Waals surface area contributed by atoms with Gasteiger partial charge in [0.15, 0.2) is 0 Å². The molecule has 1 heterocycles. The summed E-state index contributed by atoms with van der Waals surface area (Å²) in [5.41, 5.74) is 1.09. The van der Waals surface area contributed by atoms with Crippen molar-refractivity contribution in [3.8, 4) is 0 Å². The number of aromatic nitrogens is 1. The van der Waals surface area contributed by atoms with E-state index in [1.807, 2.05) is 12.1 Å². The van der Waals surface area contributed by atoms with Crippen LogP contribution in [0.1, 0.15) is 51.5 Å². The Bertz CT molecular complexity index is 317. The SMILES string of the molecule is CCCCCCC(C)OCc1ccnc(Cl)c1. The molecule has 0 radical (unpaired) electrons. The lowest BCUT2D eigenvalue weighted by Crippen LogP contribution is -2.08. The molecular weight excluding hydrogens is 234 g/mol. The number of halogens is 1. The molecule has 0 N–H and O–H groups in total. The van der Waals surface area contributed by atoms with Gasteiger partial charge in [0, 0.05) is 6.20 Å². The van der Waals surface area contributed by atoms with Crippen molar-refractivity contribution in [2.24, 2.45) is 0 Å². The van der Waals surface area contributed by atoms with Crippen LogP contribution in [0.2, 0.25) is 5.15 Å². The summed E-state index contributed by atoms with van der Waals surface area (Å²) < 4.78 is 5.78. The van der Waals surface area contributed by atoms with Crippen LogP contribution in [0.15, 0.2) is 18.3 Å². The number of rotatable bonds is 8. The predicted octanol–water partition coefficient (Wildman–Crippen LogP) is 4.61. The van der Waals surface area contributed by atoms with Crippen molar-refractivity contribution < 1.29 is 4.74 Å². The third kappa shape index (κ3) is 6.64. The van der Waals surface area contributed by atoms with E-state index < -0.39 is 0 Å². The van der Waals surface area contributed by atoms with Crippen molar-refractivity contribution in [1.82, 2.24) is 4.98 Å². The quantitative estimate of drug-likeness (QED) is 0.500. The molecule has 0 bridgehead atoms. The third-order valence-electron chi connectivity index (χ3n) is 2.79. The molecule has 96 valence electrons. The van der Waals surface area contributed by atoms with E-state index in [-0.39, 0.29) is 0 Å². The van der Waals surface area contributed by atoms with Gasteiger partial charge in [0.2, 0.25) is 0 Å². The van der Waals surface area contributed by atoms with Gasteiger partial charge in [0.25, 0.3) is 0 Å². The zero-order valence-electron chi connectivity index (χ0n) is 10.8. The molecule has 0 saturated carbocycles. The fourth-order valence-corrected chi connectivity index (χ4v) is 1.91. The lowest BCUT2D eigenvalue weighted by Gasteiger charge is -2.12. The first-order chi connectivity index (χ1) is 8.22. The molecule has 1 aromatic rings. The molecule has 1 aromatic heterocycles. The average molecular weight is 256 g/mol. The van der Waals surface area contributed by atoms with Crippen LogP contribution in [0.4, 0.5) is 0 Å². The highest BCUT2D eigenvalue weighted by Gasteiger charge is 2.03. The Morgan fingerprint density at radius 1 is 1.35 bits per heavy atom. The van der Waals surface area contributed by atoms with Gasteiger partial charge in [-0.15, -0.1) is 0 Å². The molecule has 17 heavy (non-hydrogen) atoms. The van der Waals surface area contributed by atoms with E-state index in [0.29, 0.717) is 17.9 Å². The highest BCUT2D eigenvalue weighted by atomic mass is 35.5. The molecule has 1 rings (SSSR count). The molecule has 0 fully saturated rings. The highest BCUT2D eigenvalue weighted by molar-refractivity contribution is 6.29. The fraction of sp³-hybridized carbons (Fsp3) is 0.643. The highest BCUT2D eigenvalue weighted by Crippen LogP contribution is 2.12. The summed E-state index contributed by atoms with van der Waals surface area (Å²) in [6.07, 6.45) is 8.35. The van der Waals surface area contributed by atoms with Crippen LogP contribution in [0.3, 0.4) is 0 Å². The fourth-order valence-electron chi connectivity index (χ4n) is 1.71. The first-order valence-corrected chi connectivity index (χ1v) is 6.82. The summed E-state index contributed by atoms with van der Waals surface area (Å²) in [4.78, 5) is 3.95. The zero-order chi connectivity index (χ0) is 12.5. The third-order valence-corrected chi connectivity index (χ3v) is 3.00. The number of nitrogens with zero attached hydrogens (tertiary/aromatic N) is 1. The summed E-state index contributed by atoms with van der Waals surface area (Å²) in [6.45, 7) is 4.99. The second kappa shape index (κ2) is 8.48. The van der Waals surface area contributed by atoms with E-state index in [9.17, 15) is 0 Å². The lowest BCUT2D eigenvalue weighted by atomic mass is 10.1. The molecule has 0 aliphatic heterocycles. The molecule has 1 unspecified atom stereocenters. The molecule has 0 saturated heterocycles. The Labute approximate surface area is 109 Å². The summed E-state index contributed by atoms with van der Waals surface area (Å²) in [6, 6.07) is 3.79. The number of ether oxygens (including phenoxy) is 1. The van der Waals surface area contributed by atoms with E-state index in [1.165, 1.54) is 25.7 Å². The Morgan fingerprint density at radius 2 is 2.18 bits per heavy atom. The van der Waals surface area contributed by atoms with Crippen molar-refractivity contribution in [3.63, 3.8) is 0 Å². The molecule has 3 heteroatoms. The molecule has 0 spiro atoms. The average Bonchev–Trinajstić information content (AvgIpc) is 2.32. The van der Waals surface area contributed by atoms with Crippen molar-refractivity contribution in [2.45, 2.75) is 58.7 Å². The minimum atomic E-state index is 0.318. The molecule has 0 aliphatic rings. The number of pyridine rings is 1. The lowest BCUT2D eigenvalue weighted by molar-refractivity contribution is 0.0458. The minimum Gasteiger partial charge on any atom is -0.374 e. The van der Waals surface area contributed by atoms with Crippen LogP contribution in [0, 0.1) is 0 Å². The van der Waals surface area contributed by atoms with Gasteiger partial charge in [-0.25, -0.2) is 4.98 Å². The van der Waals surface area contributed by atoms with Crippen molar-refractivity contribution in [2.75, 3.05) is 0 Å². The van der Waals surface area contributed by atoms with Gasteiger partial charge in [-0.2, -0.15) is 0 Å². The molecule has 1 atom stereocenters. The Balaban J connectivity index is 2.17. The van der Waals surface area contributed by atoms with E-state index in [2.05, 4.69) is 18.8 Å². The maximum atomic E-state index is 5.81. The number of unbranched alkanes of at least 4 members (excludes halogenated alkanes) is 3. The van der Waals surface area contributed by atoms with E-state index in [4.69, 9.17) is 16.3 Å². The molecule has 0 aliphatic carbocycles. The standard InChI is InChI=1S/C14H22ClNO/c1-3-4-5-6-7-12(2)17-11-13-8-9-16-14(15)10-13/h8-10,12H,3-7,11H2,1-2H3. The van der Waals surface area contributed by atoms with Gasteiger partial charge in [0.1, 0.15) is 5.15 Å². The van der Waals surface area contributed by atoms with Gasteiger partial charge >= 0.3 is 0 Å². The van der Waals surface area contributed by atoms with Gasteiger partial charge in [-0.05, 0) is 31.0 Å². The van der Waals surface area contributed by atoms with E-state index in [0.717, 1.165) is 12.0 Å². The van der Waals surface area contributed by atoms with Gasteiger partial charge in [0.05, 0.1) is 12.7 Å². The summed E-state index contributed by atoms with van der Waals surface area (Å²) >= 11 is 5.81. The predicted molar refractivity (Wildman–Crippen MR) is 72.3 cm³/mol. The topological polar surface area (TPSA) is 22.1 Å². The van der Waals surface area contributed by atoms with Crippen LogP contribution in [-0.2, 0) is 11.3 Å². The maximum Gasteiger partial charge on any atom is 0.129 e. The zero-order valence-corrected chi connectivity index (χ0v) is 11.5. The first-order valence-electron chi connectivity index (χ1n) is 6.44. The van der Waals surface area contributed by atoms with Crippen LogP contribution < -0.4 is 0 Å². The number of hydrogen-bond acceptors (Lipinski definition) is 2. The van der Waals surface area contributed by atoms with Crippen LogP contribution in [0.5, 0.6) is 0 Å². The van der Waals surface area contributed by atoms with Crippen molar-refractivity contribution in [3.05, 3.63) is 29.0 Å². The monoisotopic (exact) mass is 255 g/mol. The normalized spacial score (nSPS) is 12.6. The molecule has 0 aromatic carbocycles. The molecule has 2 nitrogen and oxygen atoms in total. The Morgan fingerprint density at radius 3 is 2.88 bits per heavy atom. The summed E-state index contributed by atoms with van der Waals surface area (Å²) in [5, 5.41) is 0.529. The van der Waals surface area contributed by atoms with Crippen LogP contribution in [0.25, 0.3) is 0 Å². The van der Waals surface area contributed by atoms with E-state index in [1.54, 1.807) is 6.20 Å². The summed E-state index contributed by atoms with van der Waals surface area (Å²) in [7, 11) is 0. The minimum absolute atomic E-state index is 0.318.